The molecule has 0 amide bonds. The Morgan fingerprint density at radius 1 is 1.17 bits per heavy atom. The van der Waals surface area contributed by atoms with Gasteiger partial charge in [-0.3, -0.25) is 9.89 Å². The largest absolute Gasteiger partial charge is 0.359 e. The highest BCUT2D eigenvalue weighted by Gasteiger charge is 2.29. The summed E-state index contributed by atoms with van der Waals surface area (Å²) in [6.07, 6.45) is 9.00. The summed E-state index contributed by atoms with van der Waals surface area (Å²) < 4.78 is 0. The predicted molar refractivity (Wildman–Crippen MR) is 78.1 cm³/mol. The third-order valence-electron chi connectivity index (χ3n) is 3.81. The van der Waals surface area contributed by atoms with Crippen LogP contribution in [0.1, 0.15) is 25.7 Å². The third kappa shape index (κ3) is 3.02. The van der Waals surface area contributed by atoms with E-state index >= 15 is 0 Å². The number of hydrogen-bond acceptors (Lipinski definition) is 3. The van der Waals surface area contributed by atoms with Crippen molar-refractivity contribution in [1.29, 1.82) is 0 Å². The Morgan fingerprint density at radius 3 is 2.61 bits per heavy atom. The van der Waals surface area contributed by atoms with Gasteiger partial charge in [-0.15, -0.1) is 13.2 Å². The summed E-state index contributed by atoms with van der Waals surface area (Å²) in [5, 5.41) is 0. The molecule has 3 nitrogen and oxygen atoms in total. The molecule has 1 unspecified atom stereocenters. The van der Waals surface area contributed by atoms with Gasteiger partial charge < -0.3 is 4.90 Å². The number of aliphatic imine (C=N–C) groups is 1. The fourth-order valence-electron chi connectivity index (χ4n) is 2.99. The van der Waals surface area contributed by atoms with E-state index in [9.17, 15) is 0 Å². The minimum absolute atomic E-state index is 0.462. The van der Waals surface area contributed by atoms with Gasteiger partial charge in [0, 0.05) is 32.7 Å². The zero-order chi connectivity index (χ0) is 12.8. The van der Waals surface area contributed by atoms with Crippen molar-refractivity contribution in [3.63, 3.8) is 0 Å². The van der Waals surface area contributed by atoms with E-state index in [1.807, 2.05) is 12.2 Å². The quantitative estimate of drug-likeness (QED) is 0.694. The van der Waals surface area contributed by atoms with Crippen LogP contribution in [0.2, 0.25) is 0 Å². The Kier molecular flexibility index (Phi) is 5.00. The van der Waals surface area contributed by atoms with Crippen LogP contribution in [0, 0.1) is 0 Å². The van der Waals surface area contributed by atoms with E-state index in [1.54, 1.807) is 0 Å². The van der Waals surface area contributed by atoms with Gasteiger partial charge in [0.25, 0.3) is 0 Å². The van der Waals surface area contributed by atoms with Gasteiger partial charge in [-0.05, 0) is 25.7 Å². The zero-order valence-electron chi connectivity index (χ0n) is 11.4. The molecule has 2 aliphatic heterocycles. The summed E-state index contributed by atoms with van der Waals surface area (Å²) in [7, 11) is 0. The average molecular weight is 247 g/mol. The molecule has 1 saturated heterocycles. The Labute approximate surface area is 111 Å². The second-order valence-electron chi connectivity index (χ2n) is 5.12. The Bertz CT molecular complexity index is 312. The first-order valence-electron chi connectivity index (χ1n) is 7.12. The lowest BCUT2D eigenvalue weighted by molar-refractivity contribution is 0.267. The van der Waals surface area contributed by atoms with Crippen LogP contribution in [0.25, 0.3) is 0 Å². The van der Waals surface area contributed by atoms with Crippen molar-refractivity contribution in [2.24, 2.45) is 4.99 Å². The molecule has 100 valence electrons. The molecular formula is C15H25N3. The molecule has 2 rings (SSSR count). The monoisotopic (exact) mass is 247 g/mol. The summed E-state index contributed by atoms with van der Waals surface area (Å²) in [5.74, 6) is 1.32. The molecule has 0 saturated carbocycles. The van der Waals surface area contributed by atoms with E-state index in [-0.39, 0.29) is 0 Å². The number of amidine groups is 1. The molecule has 0 spiro atoms. The topological polar surface area (TPSA) is 18.8 Å². The molecule has 0 aromatic carbocycles. The highest BCUT2D eigenvalue weighted by Crippen LogP contribution is 2.21. The van der Waals surface area contributed by atoms with Crippen molar-refractivity contribution in [2.75, 3.05) is 32.7 Å². The zero-order valence-corrected chi connectivity index (χ0v) is 11.4. The highest BCUT2D eigenvalue weighted by molar-refractivity contribution is 5.88. The molecule has 2 aliphatic rings. The van der Waals surface area contributed by atoms with Gasteiger partial charge in [0.15, 0.2) is 0 Å². The van der Waals surface area contributed by atoms with Gasteiger partial charge in [0.1, 0.15) is 5.84 Å². The maximum Gasteiger partial charge on any atom is 0.116 e. The van der Waals surface area contributed by atoms with Gasteiger partial charge in [-0.2, -0.15) is 0 Å². The van der Waals surface area contributed by atoms with Crippen LogP contribution in [0.4, 0.5) is 0 Å². The number of nitrogens with zero attached hydrogens (tertiary/aromatic N) is 3. The van der Waals surface area contributed by atoms with Crippen molar-refractivity contribution in [3.05, 3.63) is 25.3 Å². The molecule has 0 bridgehead atoms. The molecule has 1 atom stereocenters. The Morgan fingerprint density at radius 2 is 1.89 bits per heavy atom. The molecule has 0 aliphatic carbocycles. The van der Waals surface area contributed by atoms with Crippen LogP contribution in [0.3, 0.4) is 0 Å². The van der Waals surface area contributed by atoms with E-state index in [0.29, 0.717) is 6.04 Å². The molecule has 1 fully saturated rings. The standard InChI is InChI=1S/C15H25N3/c1-3-10-17(11-4-2)14-8-5-6-12-18-13-7-9-16-15(14)18/h3-4,14H,1-2,5-13H2. The number of fused-ring (bicyclic) bond motifs is 1. The normalized spacial score (nSPS) is 24.2. The summed E-state index contributed by atoms with van der Waals surface area (Å²) in [5.41, 5.74) is 0. The molecule has 0 aromatic rings. The van der Waals surface area contributed by atoms with Gasteiger partial charge in [-0.25, -0.2) is 0 Å². The van der Waals surface area contributed by atoms with Crippen molar-refractivity contribution in [3.8, 4) is 0 Å². The van der Waals surface area contributed by atoms with Gasteiger partial charge in [0.05, 0.1) is 6.04 Å². The van der Waals surface area contributed by atoms with Crippen LogP contribution in [-0.2, 0) is 0 Å². The maximum absolute atomic E-state index is 4.81. The lowest BCUT2D eigenvalue weighted by atomic mass is 10.1. The van der Waals surface area contributed by atoms with Crippen LogP contribution >= 0.6 is 0 Å². The molecule has 2 heterocycles. The van der Waals surface area contributed by atoms with E-state index in [4.69, 9.17) is 4.99 Å². The van der Waals surface area contributed by atoms with Crippen LogP contribution in [0.15, 0.2) is 30.3 Å². The predicted octanol–water partition coefficient (Wildman–Crippen LogP) is 2.32. The second-order valence-corrected chi connectivity index (χ2v) is 5.12. The van der Waals surface area contributed by atoms with Gasteiger partial charge >= 0.3 is 0 Å². The van der Waals surface area contributed by atoms with Crippen LogP contribution < -0.4 is 0 Å². The summed E-state index contributed by atoms with van der Waals surface area (Å²) in [6.45, 7) is 13.0. The SMILES string of the molecule is C=CCN(CC=C)C1CCCCN2CCCN=C12. The van der Waals surface area contributed by atoms with E-state index in [1.165, 1.54) is 44.6 Å². The number of hydrogen-bond donors (Lipinski definition) is 0. The molecule has 3 heteroatoms. The molecule has 0 aromatic heterocycles. The van der Waals surface area contributed by atoms with Crippen molar-refractivity contribution in [2.45, 2.75) is 31.7 Å². The van der Waals surface area contributed by atoms with E-state index in [0.717, 1.165) is 19.6 Å². The Hall–Kier alpha value is -1.09. The van der Waals surface area contributed by atoms with Crippen molar-refractivity contribution < 1.29 is 0 Å². The highest BCUT2D eigenvalue weighted by atomic mass is 15.3. The smallest absolute Gasteiger partial charge is 0.116 e. The molecular weight excluding hydrogens is 222 g/mol. The first-order chi connectivity index (χ1) is 8.86. The molecule has 0 N–H and O–H groups in total. The maximum atomic E-state index is 4.81. The van der Waals surface area contributed by atoms with Crippen molar-refractivity contribution in [1.82, 2.24) is 9.80 Å². The van der Waals surface area contributed by atoms with Gasteiger partial charge in [0.2, 0.25) is 0 Å². The van der Waals surface area contributed by atoms with Crippen molar-refractivity contribution >= 4 is 5.84 Å². The Balaban J connectivity index is 2.17. The van der Waals surface area contributed by atoms with E-state index < -0.39 is 0 Å². The summed E-state index contributed by atoms with van der Waals surface area (Å²) in [4.78, 5) is 9.76. The lowest BCUT2D eigenvalue weighted by Crippen LogP contribution is -2.49. The summed E-state index contributed by atoms with van der Waals surface area (Å²) >= 11 is 0. The minimum Gasteiger partial charge on any atom is -0.359 e. The van der Waals surface area contributed by atoms with Gasteiger partial charge in [-0.1, -0.05) is 12.2 Å². The first kappa shape index (κ1) is 13.3. The van der Waals surface area contributed by atoms with E-state index in [2.05, 4.69) is 23.0 Å². The summed E-state index contributed by atoms with van der Waals surface area (Å²) in [6, 6.07) is 0.462. The average Bonchev–Trinajstić information content (AvgIpc) is 2.61. The van der Waals surface area contributed by atoms with Crippen LogP contribution in [-0.4, -0.2) is 54.4 Å². The minimum atomic E-state index is 0.462. The molecule has 0 radical (unpaired) electrons. The molecule has 18 heavy (non-hydrogen) atoms. The lowest BCUT2D eigenvalue weighted by Gasteiger charge is -2.36. The van der Waals surface area contributed by atoms with Crippen LogP contribution in [0.5, 0.6) is 0 Å². The fraction of sp³-hybridized carbons (Fsp3) is 0.667. The number of rotatable bonds is 5. The first-order valence-corrected chi connectivity index (χ1v) is 7.12. The third-order valence-corrected chi connectivity index (χ3v) is 3.81. The second kappa shape index (κ2) is 6.74. The fourth-order valence-corrected chi connectivity index (χ4v) is 2.99.